The number of ether oxygens (including phenoxy) is 1. The van der Waals surface area contributed by atoms with Gasteiger partial charge in [0, 0.05) is 38.7 Å². The Kier molecular flexibility index (Phi) is 3.70. The number of hydrogen-bond acceptors (Lipinski definition) is 6. The van der Waals surface area contributed by atoms with Crippen molar-refractivity contribution in [1.82, 2.24) is 23.8 Å². The van der Waals surface area contributed by atoms with Gasteiger partial charge in [-0.1, -0.05) is 0 Å². The van der Waals surface area contributed by atoms with Crippen LogP contribution in [-0.2, 0) is 21.8 Å². The lowest BCUT2D eigenvalue weighted by molar-refractivity contribution is -0.00520. The first-order valence-electron chi connectivity index (χ1n) is 6.43. The van der Waals surface area contributed by atoms with E-state index in [1.807, 2.05) is 0 Å². The summed E-state index contributed by atoms with van der Waals surface area (Å²) in [6.45, 7) is 0.820. The monoisotopic (exact) mass is 309 g/mol. The van der Waals surface area contributed by atoms with Crippen LogP contribution >= 0.6 is 0 Å². The topological polar surface area (TPSA) is 90.2 Å². The number of hydrogen-bond donors (Lipinski definition) is 0. The third-order valence-electron chi connectivity index (χ3n) is 3.23. The van der Waals surface area contributed by atoms with Gasteiger partial charge in [0.2, 0.25) is 0 Å². The van der Waals surface area contributed by atoms with Gasteiger partial charge in [0.05, 0.1) is 24.8 Å². The van der Waals surface area contributed by atoms with Crippen LogP contribution in [0.15, 0.2) is 36.1 Å². The van der Waals surface area contributed by atoms with E-state index in [0.29, 0.717) is 18.8 Å². The van der Waals surface area contributed by atoms with Crippen LogP contribution in [0.25, 0.3) is 0 Å². The van der Waals surface area contributed by atoms with Gasteiger partial charge in [0.1, 0.15) is 6.10 Å². The molecule has 2 aromatic heterocycles. The molecule has 2 aromatic rings. The molecule has 3 heterocycles. The maximum Gasteiger partial charge on any atom is 0.262 e. The third-order valence-corrected chi connectivity index (χ3v) is 4.98. The van der Waals surface area contributed by atoms with Crippen LogP contribution in [-0.4, -0.2) is 51.9 Å². The molecule has 0 aromatic carbocycles. The van der Waals surface area contributed by atoms with Gasteiger partial charge in [-0.15, -0.1) is 0 Å². The number of nitrogens with zero attached hydrogens (tertiary/aromatic N) is 5. The van der Waals surface area contributed by atoms with Crippen molar-refractivity contribution in [2.75, 3.05) is 19.7 Å². The summed E-state index contributed by atoms with van der Waals surface area (Å²) < 4.78 is 33.6. The maximum atomic E-state index is 12.5. The van der Waals surface area contributed by atoms with Crippen molar-refractivity contribution < 1.29 is 13.2 Å². The summed E-state index contributed by atoms with van der Waals surface area (Å²) in [5.41, 5.74) is 0.624. The van der Waals surface area contributed by atoms with E-state index in [9.17, 15) is 8.42 Å². The molecule has 8 nitrogen and oxygen atoms in total. The zero-order valence-electron chi connectivity index (χ0n) is 11.5. The predicted octanol–water partition coefficient (Wildman–Crippen LogP) is -0.0277. The minimum absolute atomic E-state index is 0.0461. The molecule has 0 aliphatic carbocycles. The molecular formula is C12H15N5O3S. The molecule has 1 aliphatic heterocycles. The zero-order chi connectivity index (χ0) is 14.9. The van der Waals surface area contributed by atoms with E-state index >= 15 is 0 Å². The molecule has 1 aliphatic rings. The second-order valence-electron chi connectivity index (χ2n) is 4.73. The van der Waals surface area contributed by atoms with Gasteiger partial charge < -0.3 is 9.30 Å². The Morgan fingerprint density at radius 1 is 1.33 bits per heavy atom. The SMILES string of the molecule is Cn1cnc(S(=O)(=O)N2CCOC(c3cnccn3)C2)c1. The van der Waals surface area contributed by atoms with Gasteiger partial charge in [-0.05, 0) is 0 Å². The van der Waals surface area contributed by atoms with E-state index in [2.05, 4.69) is 15.0 Å². The van der Waals surface area contributed by atoms with Crippen molar-refractivity contribution >= 4 is 10.0 Å². The molecule has 1 unspecified atom stereocenters. The molecule has 0 bridgehead atoms. The van der Waals surface area contributed by atoms with Crippen LogP contribution in [0.2, 0.25) is 0 Å². The maximum absolute atomic E-state index is 12.5. The number of imidazole rings is 1. The Labute approximate surface area is 122 Å². The summed E-state index contributed by atoms with van der Waals surface area (Å²) in [4.78, 5) is 12.1. The van der Waals surface area contributed by atoms with Crippen molar-refractivity contribution in [3.05, 3.63) is 36.8 Å². The predicted molar refractivity (Wildman–Crippen MR) is 72.7 cm³/mol. The molecule has 0 saturated carbocycles. The molecule has 1 saturated heterocycles. The molecule has 0 spiro atoms. The highest BCUT2D eigenvalue weighted by atomic mass is 32.2. The summed E-state index contributed by atoms with van der Waals surface area (Å²) in [5, 5.41) is 0.0461. The molecular weight excluding hydrogens is 294 g/mol. The van der Waals surface area contributed by atoms with Crippen molar-refractivity contribution in [3.8, 4) is 0 Å². The molecule has 3 rings (SSSR count). The number of aromatic nitrogens is 4. The molecule has 0 radical (unpaired) electrons. The first-order chi connectivity index (χ1) is 10.1. The highest BCUT2D eigenvalue weighted by Gasteiger charge is 2.33. The summed E-state index contributed by atoms with van der Waals surface area (Å²) in [5.74, 6) is 0. The van der Waals surface area contributed by atoms with Crippen LogP contribution in [0, 0.1) is 0 Å². The minimum Gasteiger partial charge on any atom is -0.369 e. The second-order valence-corrected chi connectivity index (χ2v) is 6.61. The number of aryl methyl sites for hydroxylation is 1. The van der Waals surface area contributed by atoms with Crippen LogP contribution in [0.5, 0.6) is 0 Å². The first-order valence-corrected chi connectivity index (χ1v) is 7.87. The summed E-state index contributed by atoms with van der Waals surface area (Å²) in [7, 11) is -1.88. The average Bonchev–Trinajstić information content (AvgIpc) is 2.96. The fourth-order valence-corrected chi connectivity index (χ4v) is 3.55. The van der Waals surface area contributed by atoms with E-state index in [1.54, 1.807) is 30.2 Å². The molecule has 1 fully saturated rings. The van der Waals surface area contributed by atoms with Gasteiger partial charge in [-0.2, -0.15) is 4.31 Å². The number of rotatable bonds is 3. The van der Waals surface area contributed by atoms with E-state index in [-0.39, 0.29) is 11.6 Å². The first kappa shape index (κ1) is 14.1. The lowest BCUT2D eigenvalue weighted by atomic mass is 10.2. The van der Waals surface area contributed by atoms with Crippen LogP contribution in [0.1, 0.15) is 11.8 Å². The molecule has 0 amide bonds. The van der Waals surface area contributed by atoms with E-state index < -0.39 is 16.1 Å². The van der Waals surface area contributed by atoms with Crippen molar-refractivity contribution in [2.45, 2.75) is 11.1 Å². The van der Waals surface area contributed by atoms with Crippen LogP contribution < -0.4 is 0 Å². The minimum atomic E-state index is -3.61. The summed E-state index contributed by atoms with van der Waals surface area (Å²) >= 11 is 0. The van der Waals surface area contributed by atoms with E-state index in [0.717, 1.165) is 0 Å². The Hall–Kier alpha value is -1.84. The third kappa shape index (κ3) is 2.80. The van der Waals surface area contributed by atoms with Crippen molar-refractivity contribution in [2.24, 2.45) is 7.05 Å². The quantitative estimate of drug-likeness (QED) is 0.791. The Bertz CT molecular complexity index is 716. The van der Waals surface area contributed by atoms with Crippen molar-refractivity contribution in [3.63, 3.8) is 0 Å². The van der Waals surface area contributed by atoms with Gasteiger partial charge in [0.25, 0.3) is 10.0 Å². The Morgan fingerprint density at radius 2 is 2.19 bits per heavy atom. The molecule has 112 valence electrons. The fraction of sp³-hybridized carbons (Fsp3) is 0.417. The molecule has 21 heavy (non-hydrogen) atoms. The Morgan fingerprint density at radius 3 is 2.86 bits per heavy atom. The van der Waals surface area contributed by atoms with E-state index in [4.69, 9.17) is 4.74 Å². The van der Waals surface area contributed by atoms with Gasteiger partial charge in [-0.25, -0.2) is 13.4 Å². The van der Waals surface area contributed by atoms with Gasteiger partial charge in [0.15, 0.2) is 5.03 Å². The highest BCUT2D eigenvalue weighted by molar-refractivity contribution is 7.89. The van der Waals surface area contributed by atoms with Crippen LogP contribution in [0.4, 0.5) is 0 Å². The lowest BCUT2D eigenvalue weighted by Gasteiger charge is -2.31. The summed E-state index contributed by atoms with van der Waals surface area (Å²) in [6, 6.07) is 0. The fourth-order valence-electron chi connectivity index (χ4n) is 2.15. The lowest BCUT2D eigenvalue weighted by Crippen LogP contribution is -2.42. The zero-order valence-corrected chi connectivity index (χ0v) is 12.3. The number of sulfonamides is 1. The molecule has 1 atom stereocenters. The van der Waals surface area contributed by atoms with Crippen LogP contribution in [0.3, 0.4) is 0 Å². The average molecular weight is 309 g/mol. The van der Waals surface area contributed by atoms with Gasteiger partial charge >= 0.3 is 0 Å². The largest absolute Gasteiger partial charge is 0.369 e. The molecule has 0 N–H and O–H groups in total. The highest BCUT2D eigenvalue weighted by Crippen LogP contribution is 2.24. The standard InChI is InChI=1S/C12H15N5O3S/c1-16-8-12(15-9-16)21(18,19)17-4-5-20-11(7-17)10-6-13-2-3-14-10/h2-3,6,8-9,11H,4-5,7H2,1H3. The summed E-state index contributed by atoms with van der Waals surface area (Å²) in [6.07, 6.45) is 7.25. The second kappa shape index (κ2) is 5.51. The van der Waals surface area contributed by atoms with Gasteiger partial charge in [-0.3, -0.25) is 9.97 Å². The Balaban J connectivity index is 1.83. The normalized spacial score (nSPS) is 20.5. The number of morpholine rings is 1. The van der Waals surface area contributed by atoms with E-state index in [1.165, 1.54) is 16.8 Å². The smallest absolute Gasteiger partial charge is 0.262 e. The molecule has 9 heteroatoms. The van der Waals surface area contributed by atoms with Crippen molar-refractivity contribution in [1.29, 1.82) is 0 Å².